The van der Waals surface area contributed by atoms with Crippen molar-refractivity contribution in [2.24, 2.45) is 0 Å². The largest absolute Gasteiger partial charge is 0.378 e. The second-order valence-electron chi connectivity index (χ2n) is 5.88. The van der Waals surface area contributed by atoms with Crippen LogP contribution < -0.4 is 5.32 Å². The molecule has 0 aromatic heterocycles. The number of nitrogens with one attached hydrogen (secondary N) is 1. The van der Waals surface area contributed by atoms with Gasteiger partial charge in [0.1, 0.15) is 5.54 Å². The zero-order chi connectivity index (χ0) is 12.8. The molecule has 2 unspecified atom stereocenters. The zero-order valence-electron chi connectivity index (χ0n) is 11.6. The predicted molar refractivity (Wildman–Crippen MR) is 72.2 cm³/mol. The highest BCUT2D eigenvalue weighted by atomic mass is 16.5. The molecule has 1 aliphatic heterocycles. The van der Waals surface area contributed by atoms with Crippen LogP contribution in [0.1, 0.15) is 64.7 Å². The van der Waals surface area contributed by atoms with Crippen LogP contribution in [0.15, 0.2) is 0 Å². The minimum Gasteiger partial charge on any atom is -0.378 e. The van der Waals surface area contributed by atoms with Crippen molar-refractivity contribution in [2.75, 3.05) is 6.61 Å². The zero-order valence-corrected chi connectivity index (χ0v) is 11.6. The summed E-state index contributed by atoms with van der Waals surface area (Å²) in [7, 11) is 0. The maximum Gasteiger partial charge on any atom is 0.111 e. The number of nitriles is 1. The highest BCUT2D eigenvalue weighted by molar-refractivity contribution is 5.10. The second kappa shape index (κ2) is 6.54. The van der Waals surface area contributed by atoms with Gasteiger partial charge in [-0.25, -0.2) is 0 Å². The summed E-state index contributed by atoms with van der Waals surface area (Å²) in [4.78, 5) is 0. The molecule has 2 fully saturated rings. The molecule has 2 aliphatic rings. The Morgan fingerprint density at radius 2 is 2.00 bits per heavy atom. The minimum absolute atomic E-state index is 0.261. The molecule has 102 valence electrons. The molecule has 1 saturated heterocycles. The molecule has 0 amide bonds. The molecule has 18 heavy (non-hydrogen) atoms. The van der Waals surface area contributed by atoms with E-state index in [1.165, 1.54) is 38.5 Å². The molecular weight excluding hydrogens is 224 g/mol. The second-order valence-corrected chi connectivity index (χ2v) is 5.88. The summed E-state index contributed by atoms with van der Waals surface area (Å²) >= 11 is 0. The van der Waals surface area contributed by atoms with Crippen molar-refractivity contribution in [3.63, 3.8) is 0 Å². The normalized spacial score (nSPS) is 34.8. The van der Waals surface area contributed by atoms with Crippen molar-refractivity contribution in [1.29, 1.82) is 5.26 Å². The molecule has 0 aromatic rings. The van der Waals surface area contributed by atoms with Crippen molar-refractivity contribution in [1.82, 2.24) is 5.32 Å². The Morgan fingerprint density at radius 1 is 1.28 bits per heavy atom. The summed E-state index contributed by atoms with van der Waals surface area (Å²) < 4.78 is 5.71. The first kappa shape index (κ1) is 13.8. The van der Waals surface area contributed by atoms with Crippen LogP contribution in [0.25, 0.3) is 0 Å². The van der Waals surface area contributed by atoms with Gasteiger partial charge >= 0.3 is 0 Å². The monoisotopic (exact) mass is 250 g/mol. The van der Waals surface area contributed by atoms with Gasteiger partial charge in [-0.15, -0.1) is 0 Å². The van der Waals surface area contributed by atoms with Crippen molar-refractivity contribution in [2.45, 2.75) is 82.4 Å². The summed E-state index contributed by atoms with van der Waals surface area (Å²) in [6, 6.07) is 3.10. The highest BCUT2D eigenvalue weighted by Crippen LogP contribution is 2.28. The van der Waals surface area contributed by atoms with Gasteiger partial charge in [0.25, 0.3) is 0 Å². The van der Waals surface area contributed by atoms with E-state index in [-0.39, 0.29) is 11.6 Å². The lowest BCUT2D eigenvalue weighted by Gasteiger charge is -2.39. The Kier molecular flexibility index (Phi) is 5.03. The van der Waals surface area contributed by atoms with Crippen LogP contribution in [0, 0.1) is 11.3 Å². The maximum atomic E-state index is 9.59. The number of ether oxygens (including phenoxy) is 1. The molecule has 0 spiro atoms. The third-order valence-corrected chi connectivity index (χ3v) is 4.46. The average Bonchev–Trinajstić information content (AvgIpc) is 2.67. The molecule has 3 nitrogen and oxygen atoms in total. The topological polar surface area (TPSA) is 45.0 Å². The molecule has 1 heterocycles. The van der Waals surface area contributed by atoms with Crippen molar-refractivity contribution in [3.8, 4) is 6.07 Å². The van der Waals surface area contributed by atoms with Gasteiger partial charge in [-0.3, -0.25) is 5.32 Å². The first-order valence-corrected chi connectivity index (χ1v) is 7.58. The predicted octanol–water partition coefficient (Wildman–Crippen LogP) is 3.15. The van der Waals surface area contributed by atoms with Crippen LogP contribution in [0.2, 0.25) is 0 Å². The number of nitrogens with zero attached hydrogens (tertiary/aromatic N) is 1. The molecule has 0 bridgehead atoms. The van der Waals surface area contributed by atoms with Gasteiger partial charge in [0, 0.05) is 25.5 Å². The van der Waals surface area contributed by atoms with E-state index in [0.717, 1.165) is 25.9 Å². The van der Waals surface area contributed by atoms with Gasteiger partial charge < -0.3 is 4.74 Å². The van der Waals surface area contributed by atoms with Gasteiger partial charge in [0.15, 0.2) is 0 Å². The molecule has 0 aromatic carbocycles. The van der Waals surface area contributed by atoms with Crippen LogP contribution in [0.4, 0.5) is 0 Å². The highest BCUT2D eigenvalue weighted by Gasteiger charge is 2.38. The smallest absolute Gasteiger partial charge is 0.111 e. The van der Waals surface area contributed by atoms with Crippen molar-refractivity contribution >= 4 is 0 Å². The third kappa shape index (κ3) is 3.46. The number of hydrogen-bond acceptors (Lipinski definition) is 3. The Balaban J connectivity index is 1.96. The van der Waals surface area contributed by atoms with Crippen LogP contribution in [-0.2, 0) is 4.74 Å². The van der Waals surface area contributed by atoms with E-state index in [0.29, 0.717) is 6.04 Å². The molecule has 1 saturated carbocycles. The molecular formula is C15H26N2O. The number of rotatable bonds is 3. The quantitative estimate of drug-likeness (QED) is 0.783. The van der Waals surface area contributed by atoms with E-state index in [4.69, 9.17) is 4.74 Å². The molecule has 1 aliphatic carbocycles. The van der Waals surface area contributed by atoms with E-state index >= 15 is 0 Å². The van der Waals surface area contributed by atoms with Crippen LogP contribution in [0.3, 0.4) is 0 Å². The molecule has 2 atom stereocenters. The van der Waals surface area contributed by atoms with Crippen molar-refractivity contribution in [3.05, 3.63) is 0 Å². The van der Waals surface area contributed by atoms with Gasteiger partial charge in [-0.2, -0.15) is 5.26 Å². The average molecular weight is 250 g/mol. The summed E-state index contributed by atoms with van der Waals surface area (Å²) in [5, 5.41) is 13.3. The first-order valence-electron chi connectivity index (χ1n) is 7.58. The van der Waals surface area contributed by atoms with Crippen molar-refractivity contribution < 1.29 is 4.74 Å². The Hall–Kier alpha value is -0.590. The minimum atomic E-state index is -0.325. The van der Waals surface area contributed by atoms with Crippen LogP contribution >= 0.6 is 0 Å². The summed E-state index contributed by atoms with van der Waals surface area (Å²) in [5.74, 6) is 0. The summed E-state index contributed by atoms with van der Waals surface area (Å²) in [6.07, 6.45) is 10.8. The molecule has 1 N–H and O–H groups in total. The van der Waals surface area contributed by atoms with Gasteiger partial charge in [-0.05, 0) is 19.3 Å². The van der Waals surface area contributed by atoms with Crippen LogP contribution in [0.5, 0.6) is 0 Å². The lowest BCUT2D eigenvalue weighted by molar-refractivity contribution is -0.0187. The fourth-order valence-electron chi connectivity index (χ4n) is 3.29. The standard InChI is InChI=1S/C15H26N2O/c1-2-14-11-15(12-16,9-10-18-14)17-13-7-5-3-4-6-8-13/h13-14,17H,2-11H2,1H3. The molecule has 2 rings (SSSR count). The van der Waals surface area contributed by atoms with Gasteiger partial charge in [0.2, 0.25) is 0 Å². The summed E-state index contributed by atoms with van der Waals surface area (Å²) in [5.41, 5.74) is -0.325. The molecule has 0 radical (unpaired) electrons. The lowest BCUT2D eigenvalue weighted by Crippen LogP contribution is -2.54. The van der Waals surface area contributed by atoms with Gasteiger partial charge in [0.05, 0.1) is 12.2 Å². The third-order valence-electron chi connectivity index (χ3n) is 4.46. The Morgan fingerprint density at radius 3 is 2.61 bits per heavy atom. The van der Waals surface area contributed by atoms with Crippen LogP contribution in [-0.4, -0.2) is 24.3 Å². The Labute approximate surface area is 111 Å². The fourth-order valence-corrected chi connectivity index (χ4v) is 3.29. The maximum absolute atomic E-state index is 9.59. The SMILES string of the molecule is CCC1CC(C#N)(NC2CCCCCC2)CCO1. The lowest BCUT2D eigenvalue weighted by atomic mass is 9.85. The van der Waals surface area contributed by atoms with E-state index in [9.17, 15) is 5.26 Å². The number of hydrogen-bond donors (Lipinski definition) is 1. The Bertz CT molecular complexity index is 291. The summed E-state index contributed by atoms with van der Waals surface area (Å²) in [6.45, 7) is 2.87. The van der Waals surface area contributed by atoms with E-state index in [1.807, 2.05) is 0 Å². The molecule has 3 heteroatoms. The van der Waals surface area contributed by atoms with E-state index in [2.05, 4.69) is 18.3 Å². The van der Waals surface area contributed by atoms with E-state index in [1.54, 1.807) is 0 Å². The first-order chi connectivity index (χ1) is 8.78. The van der Waals surface area contributed by atoms with Gasteiger partial charge in [-0.1, -0.05) is 32.6 Å². The fraction of sp³-hybridized carbons (Fsp3) is 0.933. The van der Waals surface area contributed by atoms with E-state index < -0.39 is 0 Å².